The molecule has 0 fully saturated rings. The minimum absolute atomic E-state index is 0.319. The Bertz CT molecular complexity index is 406. The molecular formula is C28H55NO2. The van der Waals surface area contributed by atoms with Gasteiger partial charge in [-0.2, -0.15) is 0 Å². The zero-order valence-corrected chi connectivity index (χ0v) is 21.4. The van der Waals surface area contributed by atoms with Gasteiger partial charge in [0.25, 0.3) is 0 Å². The van der Waals surface area contributed by atoms with Gasteiger partial charge in [0.05, 0.1) is 0 Å². The van der Waals surface area contributed by atoms with Crippen molar-refractivity contribution in [3.05, 3.63) is 12.2 Å². The van der Waals surface area contributed by atoms with Crippen LogP contribution in [0.25, 0.3) is 0 Å². The van der Waals surface area contributed by atoms with Gasteiger partial charge in [-0.1, -0.05) is 103 Å². The average molecular weight is 438 g/mol. The summed E-state index contributed by atoms with van der Waals surface area (Å²) in [6.07, 6.45) is 29.9. The molecule has 0 heterocycles. The van der Waals surface area contributed by atoms with Gasteiger partial charge in [0.2, 0.25) is 0 Å². The van der Waals surface area contributed by atoms with Crippen LogP contribution in [0.5, 0.6) is 0 Å². The second-order valence-corrected chi connectivity index (χ2v) is 9.82. The number of nitrogens with zero attached hydrogens (tertiary/aromatic N) is 1. The fourth-order valence-corrected chi connectivity index (χ4v) is 4.26. The first-order chi connectivity index (χ1) is 15.1. The number of carbonyl (C=O) groups is 1. The normalized spacial score (nSPS) is 12.8. The molecule has 3 heteroatoms. The molecule has 0 amide bonds. The largest absolute Gasteiger partial charge is 0.481 e. The lowest BCUT2D eigenvalue weighted by Gasteiger charge is -2.19. The fraction of sp³-hybridized carbons (Fsp3) is 0.893. The summed E-state index contributed by atoms with van der Waals surface area (Å²) in [4.78, 5) is 12.8. The van der Waals surface area contributed by atoms with Crippen molar-refractivity contribution in [3.63, 3.8) is 0 Å². The summed E-state index contributed by atoms with van der Waals surface area (Å²) in [5.41, 5.74) is 0. The highest BCUT2D eigenvalue weighted by molar-refractivity contribution is 5.66. The van der Waals surface area contributed by atoms with Crippen molar-refractivity contribution < 1.29 is 9.90 Å². The number of hydrogen-bond acceptors (Lipinski definition) is 2. The Kier molecular flexibility index (Phi) is 23.2. The molecule has 3 nitrogen and oxygen atoms in total. The van der Waals surface area contributed by atoms with Crippen molar-refractivity contribution in [1.29, 1.82) is 0 Å². The van der Waals surface area contributed by atoms with Crippen molar-refractivity contribution in [1.82, 2.24) is 4.90 Å². The van der Waals surface area contributed by atoms with Gasteiger partial charge >= 0.3 is 5.97 Å². The Morgan fingerprint density at radius 3 is 1.71 bits per heavy atom. The molecule has 0 aliphatic heterocycles. The highest BCUT2D eigenvalue weighted by Gasteiger charge is 2.09. The van der Waals surface area contributed by atoms with Crippen LogP contribution in [0.15, 0.2) is 12.2 Å². The Labute approximate surface area is 195 Å². The van der Waals surface area contributed by atoms with E-state index in [0.29, 0.717) is 6.42 Å². The second kappa shape index (κ2) is 23.8. The zero-order chi connectivity index (χ0) is 23.0. The monoisotopic (exact) mass is 437 g/mol. The van der Waals surface area contributed by atoms with Crippen LogP contribution in [0.2, 0.25) is 0 Å². The Hall–Kier alpha value is -0.830. The smallest absolute Gasteiger partial charge is 0.303 e. The van der Waals surface area contributed by atoms with Gasteiger partial charge in [-0.15, -0.1) is 0 Å². The Morgan fingerprint density at radius 2 is 1.19 bits per heavy atom. The van der Waals surface area contributed by atoms with Gasteiger partial charge < -0.3 is 10.0 Å². The lowest BCUT2D eigenvalue weighted by Crippen LogP contribution is -2.17. The van der Waals surface area contributed by atoms with E-state index < -0.39 is 5.97 Å². The topological polar surface area (TPSA) is 40.5 Å². The van der Waals surface area contributed by atoms with Gasteiger partial charge in [-0.25, -0.2) is 0 Å². The van der Waals surface area contributed by atoms with E-state index in [1.807, 2.05) is 0 Å². The van der Waals surface area contributed by atoms with Crippen LogP contribution in [-0.4, -0.2) is 36.6 Å². The van der Waals surface area contributed by atoms with Crippen LogP contribution in [0.3, 0.4) is 0 Å². The van der Waals surface area contributed by atoms with Crippen LogP contribution >= 0.6 is 0 Å². The molecule has 1 N–H and O–H groups in total. The SMILES string of the molecule is CCCCCCCC(CCCCCCCCC=CCCCCCC(=O)O)CCN(C)C. The standard InChI is InChI=1S/C28H55NO2/c1-4-5-6-16-19-22-27(25-26-29(2)3)23-20-17-14-12-10-8-7-9-11-13-15-18-21-24-28(30)31/h9,11,27H,4-8,10,12-26H2,1-3H3,(H,30,31). The quantitative estimate of drug-likeness (QED) is 0.121. The molecule has 0 rings (SSSR count). The maximum absolute atomic E-state index is 10.4. The molecule has 0 aromatic carbocycles. The first-order valence-electron chi connectivity index (χ1n) is 13.6. The zero-order valence-electron chi connectivity index (χ0n) is 21.4. The van der Waals surface area contributed by atoms with E-state index in [1.54, 1.807) is 0 Å². The van der Waals surface area contributed by atoms with Gasteiger partial charge in [0, 0.05) is 6.42 Å². The number of carboxylic acid groups (broad SMARTS) is 1. The van der Waals surface area contributed by atoms with Crippen molar-refractivity contribution in [3.8, 4) is 0 Å². The van der Waals surface area contributed by atoms with Crippen LogP contribution in [0.1, 0.15) is 135 Å². The summed E-state index contributed by atoms with van der Waals surface area (Å²) in [6.45, 7) is 3.54. The number of rotatable bonds is 24. The van der Waals surface area contributed by atoms with E-state index in [9.17, 15) is 4.79 Å². The third-order valence-electron chi connectivity index (χ3n) is 6.36. The Balaban J connectivity index is 3.57. The van der Waals surface area contributed by atoms with Gasteiger partial charge in [-0.05, 0) is 65.1 Å². The lowest BCUT2D eigenvalue weighted by atomic mass is 9.91. The summed E-state index contributed by atoms with van der Waals surface area (Å²) >= 11 is 0. The van der Waals surface area contributed by atoms with E-state index in [4.69, 9.17) is 5.11 Å². The summed E-state index contributed by atoms with van der Waals surface area (Å²) in [7, 11) is 4.41. The maximum Gasteiger partial charge on any atom is 0.303 e. The molecule has 1 unspecified atom stereocenters. The van der Waals surface area contributed by atoms with Crippen molar-refractivity contribution in [2.45, 2.75) is 135 Å². The maximum atomic E-state index is 10.4. The molecule has 184 valence electrons. The third-order valence-corrected chi connectivity index (χ3v) is 6.36. The minimum Gasteiger partial charge on any atom is -0.481 e. The number of hydrogen-bond donors (Lipinski definition) is 1. The molecular weight excluding hydrogens is 382 g/mol. The molecule has 0 spiro atoms. The second-order valence-electron chi connectivity index (χ2n) is 9.82. The van der Waals surface area contributed by atoms with Crippen molar-refractivity contribution in [2.24, 2.45) is 5.92 Å². The first-order valence-corrected chi connectivity index (χ1v) is 13.6. The number of unbranched alkanes of at least 4 members (excludes halogenated alkanes) is 13. The average Bonchev–Trinajstić information content (AvgIpc) is 2.73. The van der Waals surface area contributed by atoms with Crippen LogP contribution in [0, 0.1) is 5.92 Å². The fourth-order valence-electron chi connectivity index (χ4n) is 4.26. The molecule has 0 radical (unpaired) electrons. The third kappa shape index (κ3) is 25.3. The number of aliphatic carboxylic acids is 1. The molecule has 0 aromatic heterocycles. The highest BCUT2D eigenvalue weighted by atomic mass is 16.4. The van der Waals surface area contributed by atoms with E-state index >= 15 is 0 Å². The summed E-state index contributed by atoms with van der Waals surface area (Å²) < 4.78 is 0. The van der Waals surface area contributed by atoms with Gasteiger partial charge in [0.15, 0.2) is 0 Å². The molecule has 0 aliphatic rings. The lowest BCUT2D eigenvalue weighted by molar-refractivity contribution is -0.137. The summed E-state index contributed by atoms with van der Waals surface area (Å²) in [5.74, 6) is 0.274. The summed E-state index contributed by atoms with van der Waals surface area (Å²) in [6, 6.07) is 0. The molecule has 0 aromatic rings. The van der Waals surface area contributed by atoms with Gasteiger partial charge in [-0.3, -0.25) is 4.79 Å². The summed E-state index contributed by atoms with van der Waals surface area (Å²) in [5, 5.41) is 8.61. The van der Waals surface area contributed by atoms with E-state index in [2.05, 4.69) is 38.1 Å². The predicted molar refractivity (Wildman–Crippen MR) is 137 cm³/mol. The molecule has 0 saturated heterocycles. The molecule has 0 bridgehead atoms. The number of allylic oxidation sites excluding steroid dienone is 2. The molecule has 0 aliphatic carbocycles. The van der Waals surface area contributed by atoms with Crippen molar-refractivity contribution in [2.75, 3.05) is 20.6 Å². The van der Waals surface area contributed by atoms with E-state index in [-0.39, 0.29) is 0 Å². The van der Waals surface area contributed by atoms with E-state index in [1.165, 1.54) is 103 Å². The Morgan fingerprint density at radius 1 is 0.710 bits per heavy atom. The van der Waals surface area contributed by atoms with Gasteiger partial charge in [0.1, 0.15) is 0 Å². The first kappa shape index (κ1) is 30.2. The minimum atomic E-state index is -0.669. The predicted octanol–water partition coefficient (Wildman–Crippen LogP) is 8.63. The van der Waals surface area contributed by atoms with E-state index in [0.717, 1.165) is 31.6 Å². The molecule has 31 heavy (non-hydrogen) atoms. The van der Waals surface area contributed by atoms with Crippen LogP contribution in [-0.2, 0) is 4.79 Å². The van der Waals surface area contributed by atoms with Crippen molar-refractivity contribution >= 4 is 5.97 Å². The molecule has 1 atom stereocenters. The highest BCUT2D eigenvalue weighted by Crippen LogP contribution is 2.22. The van der Waals surface area contributed by atoms with Crippen LogP contribution < -0.4 is 0 Å². The molecule has 0 saturated carbocycles. The number of carboxylic acids is 1. The van der Waals surface area contributed by atoms with Crippen LogP contribution in [0.4, 0.5) is 0 Å².